The monoisotopic (exact) mass is 100 g/mol. The first kappa shape index (κ1) is 6.96. The first-order valence-electron chi connectivity index (χ1n) is 2.65. The van der Waals surface area contributed by atoms with Crippen LogP contribution in [0.25, 0.3) is 0 Å². The van der Waals surface area contributed by atoms with Crippen LogP contribution >= 0.6 is 0 Å². The molecular formula is C6H14N. The van der Waals surface area contributed by atoms with Crippen LogP contribution in [-0.4, -0.2) is 6.04 Å². The van der Waals surface area contributed by atoms with Gasteiger partial charge in [-0.15, -0.1) is 0 Å². The van der Waals surface area contributed by atoms with E-state index in [1.807, 2.05) is 6.92 Å². The summed E-state index contributed by atoms with van der Waals surface area (Å²) in [6.07, 6.45) is 0. The van der Waals surface area contributed by atoms with E-state index in [1.165, 1.54) is 0 Å². The van der Waals surface area contributed by atoms with Gasteiger partial charge in [-0.1, -0.05) is 20.8 Å². The molecule has 0 aromatic carbocycles. The minimum atomic E-state index is 0.0486. The molecule has 0 fully saturated rings. The lowest BCUT2D eigenvalue weighted by Gasteiger charge is -2.21. The molecule has 1 heteroatoms. The fourth-order valence-corrected chi connectivity index (χ4v) is 0. The summed E-state index contributed by atoms with van der Waals surface area (Å²) < 4.78 is 0. The molecule has 0 spiro atoms. The maximum absolute atomic E-state index is 7.23. The molecule has 0 saturated heterocycles. The van der Waals surface area contributed by atoms with Gasteiger partial charge < -0.3 is 0 Å². The van der Waals surface area contributed by atoms with Crippen molar-refractivity contribution >= 4 is 0 Å². The van der Waals surface area contributed by atoms with E-state index in [4.69, 9.17) is 5.73 Å². The van der Waals surface area contributed by atoms with Gasteiger partial charge in [0.2, 0.25) is 0 Å². The molecule has 0 aromatic heterocycles. The molecular weight excluding hydrogens is 86.1 g/mol. The van der Waals surface area contributed by atoms with E-state index in [1.54, 1.807) is 0 Å². The molecule has 1 atom stereocenters. The van der Waals surface area contributed by atoms with Crippen molar-refractivity contribution in [3.8, 4) is 0 Å². The van der Waals surface area contributed by atoms with Crippen molar-refractivity contribution in [3.63, 3.8) is 0 Å². The van der Waals surface area contributed by atoms with Gasteiger partial charge in [-0.3, -0.25) is 5.73 Å². The molecule has 1 radical (unpaired) electrons. The van der Waals surface area contributed by atoms with Crippen LogP contribution in [-0.2, 0) is 0 Å². The second kappa shape index (κ2) is 1.83. The lowest BCUT2D eigenvalue weighted by Crippen LogP contribution is -2.23. The van der Waals surface area contributed by atoms with E-state index in [-0.39, 0.29) is 11.5 Å². The third-order valence-electron chi connectivity index (χ3n) is 1.30. The van der Waals surface area contributed by atoms with E-state index in [0.29, 0.717) is 0 Å². The van der Waals surface area contributed by atoms with Crippen molar-refractivity contribution in [2.75, 3.05) is 0 Å². The highest BCUT2D eigenvalue weighted by Gasteiger charge is 2.15. The molecule has 1 unspecified atom stereocenters. The summed E-state index contributed by atoms with van der Waals surface area (Å²) >= 11 is 0. The Labute approximate surface area is 45.9 Å². The summed E-state index contributed by atoms with van der Waals surface area (Å²) in [5.41, 5.74) is 7.40. The average Bonchev–Trinajstić information content (AvgIpc) is 1.31. The zero-order chi connectivity index (χ0) is 6.08. The number of hydrogen-bond acceptors (Lipinski definition) is 0. The highest BCUT2D eigenvalue weighted by atomic mass is 14.6. The predicted octanol–water partition coefficient (Wildman–Crippen LogP) is 1.70. The van der Waals surface area contributed by atoms with Gasteiger partial charge in [0, 0.05) is 6.04 Å². The quantitative estimate of drug-likeness (QED) is 0.442. The molecule has 1 nitrogen and oxygen atoms in total. The van der Waals surface area contributed by atoms with Gasteiger partial charge >= 0.3 is 0 Å². The van der Waals surface area contributed by atoms with Crippen LogP contribution < -0.4 is 5.73 Å². The van der Waals surface area contributed by atoms with E-state index in [9.17, 15) is 0 Å². The Bertz CT molecular complexity index is 49.7. The molecule has 0 rings (SSSR count). The van der Waals surface area contributed by atoms with Crippen molar-refractivity contribution in [2.24, 2.45) is 5.41 Å². The van der Waals surface area contributed by atoms with Crippen LogP contribution in [0.15, 0.2) is 0 Å². The molecule has 43 valence electrons. The Hall–Kier alpha value is -0.0400. The molecule has 1 N–H and O–H groups in total. The lowest BCUT2D eigenvalue weighted by molar-refractivity contribution is 0.332. The summed E-state index contributed by atoms with van der Waals surface area (Å²) in [5, 5.41) is 0. The van der Waals surface area contributed by atoms with Crippen molar-refractivity contribution in [2.45, 2.75) is 33.7 Å². The summed E-state index contributed by atoms with van der Waals surface area (Å²) in [4.78, 5) is 0. The second-order valence-electron chi connectivity index (χ2n) is 3.09. The third kappa shape index (κ3) is 2.63. The Kier molecular flexibility index (Phi) is 1.82. The highest BCUT2D eigenvalue weighted by Crippen LogP contribution is 2.16. The van der Waals surface area contributed by atoms with Gasteiger partial charge in [0.25, 0.3) is 0 Å². The second-order valence-corrected chi connectivity index (χ2v) is 3.09. The topological polar surface area (TPSA) is 23.8 Å². The molecule has 0 aliphatic carbocycles. The van der Waals surface area contributed by atoms with Gasteiger partial charge in [-0.25, -0.2) is 0 Å². The smallest absolute Gasteiger partial charge is 0.0233 e. The van der Waals surface area contributed by atoms with E-state index in [2.05, 4.69) is 20.8 Å². The number of rotatable bonds is 0. The fourth-order valence-electron chi connectivity index (χ4n) is 0. The zero-order valence-electron chi connectivity index (χ0n) is 5.58. The van der Waals surface area contributed by atoms with E-state index >= 15 is 0 Å². The largest absolute Gasteiger partial charge is 0.254 e. The van der Waals surface area contributed by atoms with Gasteiger partial charge in [0.05, 0.1) is 0 Å². The van der Waals surface area contributed by atoms with Gasteiger partial charge in [-0.2, -0.15) is 0 Å². The fraction of sp³-hybridized carbons (Fsp3) is 1.00. The molecule has 0 aliphatic rings. The number of hydrogen-bond donors (Lipinski definition) is 0. The molecule has 0 bridgehead atoms. The molecule has 0 aromatic rings. The van der Waals surface area contributed by atoms with E-state index in [0.717, 1.165) is 0 Å². The molecule has 0 heterocycles. The van der Waals surface area contributed by atoms with Crippen LogP contribution in [0.5, 0.6) is 0 Å². The Balaban J connectivity index is 3.54. The summed E-state index contributed by atoms with van der Waals surface area (Å²) in [6.45, 7) is 8.14. The molecule has 7 heavy (non-hydrogen) atoms. The minimum absolute atomic E-state index is 0.0486. The van der Waals surface area contributed by atoms with Crippen LogP contribution in [0.2, 0.25) is 0 Å². The van der Waals surface area contributed by atoms with Crippen molar-refractivity contribution in [1.29, 1.82) is 0 Å². The molecule has 0 amide bonds. The van der Waals surface area contributed by atoms with Gasteiger partial charge in [0.15, 0.2) is 0 Å². The maximum Gasteiger partial charge on any atom is 0.0233 e. The van der Waals surface area contributed by atoms with Crippen molar-refractivity contribution in [1.82, 2.24) is 5.73 Å². The van der Waals surface area contributed by atoms with Crippen molar-refractivity contribution in [3.05, 3.63) is 0 Å². The third-order valence-corrected chi connectivity index (χ3v) is 1.30. The Morgan fingerprint density at radius 3 is 1.43 bits per heavy atom. The summed E-state index contributed by atoms with van der Waals surface area (Å²) in [5.74, 6) is 0. The first-order valence-corrected chi connectivity index (χ1v) is 2.65. The molecule has 0 aliphatic heterocycles. The Morgan fingerprint density at radius 1 is 1.29 bits per heavy atom. The number of nitrogens with one attached hydrogen (secondary N) is 1. The van der Waals surface area contributed by atoms with Gasteiger partial charge in [-0.05, 0) is 12.3 Å². The van der Waals surface area contributed by atoms with Crippen LogP contribution in [0.3, 0.4) is 0 Å². The summed E-state index contributed by atoms with van der Waals surface area (Å²) in [6, 6.07) is 0.0486. The SMILES string of the molecule is CC([NH])C(C)(C)C. The maximum atomic E-state index is 7.23. The first-order chi connectivity index (χ1) is 2.94. The standard InChI is InChI=1S/C6H14N/c1-5(7)6(2,3)4/h5,7H,1-4H3. The summed E-state index contributed by atoms with van der Waals surface area (Å²) in [7, 11) is 0. The highest BCUT2D eigenvalue weighted by molar-refractivity contribution is 4.70. The van der Waals surface area contributed by atoms with Crippen LogP contribution in [0, 0.1) is 5.41 Å². The van der Waals surface area contributed by atoms with Gasteiger partial charge in [0.1, 0.15) is 0 Å². The molecule has 0 saturated carbocycles. The zero-order valence-corrected chi connectivity index (χ0v) is 5.58. The Morgan fingerprint density at radius 2 is 1.43 bits per heavy atom. The van der Waals surface area contributed by atoms with Crippen molar-refractivity contribution < 1.29 is 0 Å². The van der Waals surface area contributed by atoms with Crippen LogP contribution in [0.4, 0.5) is 0 Å². The lowest BCUT2D eigenvalue weighted by atomic mass is 9.89. The normalized spacial score (nSPS) is 16.7. The van der Waals surface area contributed by atoms with E-state index < -0.39 is 0 Å². The predicted molar refractivity (Wildman–Crippen MR) is 32.0 cm³/mol. The average molecular weight is 100 g/mol. The van der Waals surface area contributed by atoms with Crippen LogP contribution in [0.1, 0.15) is 27.7 Å². The minimum Gasteiger partial charge on any atom is -0.254 e.